The van der Waals surface area contributed by atoms with Crippen LogP contribution in [0.2, 0.25) is 0 Å². The first kappa shape index (κ1) is 15.8. The van der Waals surface area contributed by atoms with Gasteiger partial charge in [0.05, 0.1) is 5.69 Å². The van der Waals surface area contributed by atoms with Gasteiger partial charge in [0.1, 0.15) is 0 Å². The smallest absolute Gasteiger partial charge is 0.0511 e. The zero-order valence-corrected chi connectivity index (χ0v) is 14.5. The van der Waals surface area contributed by atoms with Gasteiger partial charge in [-0.15, -0.1) is 0 Å². The fourth-order valence-corrected chi connectivity index (χ4v) is 3.44. The van der Waals surface area contributed by atoms with E-state index in [-0.39, 0.29) is 0 Å². The molecule has 0 atom stereocenters. The molecule has 0 spiro atoms. The van der Waals surface area contributed by atoms with Crippen LogP contribution in [-0.4, -0.2) is 63.2 Å². The van der Waals surface area contributed by atoms with Gasteiger partial charge in [0, 0.05) is 30.7 Å². The summed E-state index contributed by atoms with van der Waals surface area (Å²) in [4.78, 5) is 7.34. The summed E-state index contributed by atoms with van der Waals surface area (Å²) in [5.41, 5.74) is 2.64. The van der Waals surface area contributed by atoms with Crippen LogP contribution in [0.3, 0.4) is 0 Å². The maximum Gasteiger partial charge on any atom is 0.0511 e. The molecular formula is C16H26BrN3. The van der Waals surface area contributed by atoms with Crippen molar-refractivity contribution in [1.82, 2.24) is 9.80 Å². The fraction of sp³-hybridized carbons (Fsp3) is 0.625. The van der Waals surface area contributed by atoms with Crippen LogP contribution in [0.25, 0.3) is 0 Å². The molecule has 1 aliphatic heterocycles. The van der Waals surface area contributed by atoms with Crippen LogP contribution in [0.15, 0.2) is 22.7 Å². The van der Waals surface area contributed by atoms with Gasteiger partial charge in [-0.25, -0.2) is 0 Å². The van der Waals surface area contributed by atoms with Crippen molar-refractivity contribution in [2.45, 2.75) is 13.3 Å². The number of benzene rings is 1. The Labute approximate surface area is 131 Å². The summed E-state index contributed by atoms with van der Waals surface area (Å²) < 4.78 is 1.22. The molecule has 1 aromatic carbocycles. The summed E-state index contributed by atoms with van der Waals surface area (Å²) in [6.07, 6.45) is 1.27. The van der Waals surface area contributed by atoms with Crippen molar-refractivity contribution < 1.29 is 0 Å². The third kappa shape index (κ3) is 4.47. The van der Waals surface area contributed by atoms with Gasteiger partial charge >= 0.3 is 0 Å². The number of hydrogen-bond donors (Lipinski definition) is 0. The second kappa shape index (κ2) is 7.43. The summed E-state index contributed by atoms with van der Waals surface area (Å²) in [6, 6.07) is 6.64. The van der Waals surface area contributed by atoms with Crippen LogP contribution in [0.1, 0.15) is 12.0 Å². The number of anilines is 1. The fourth-order valence-electron chi connectivity index (χ4n) is 2.69. The van der Waals surface area contributed by atoms with E-state index >= 15 is 0 Å². The van der Waals surface area contributed by atoms with Crippen LogP contribution < -0.4 is 4.90 Å². The highest BCUT2D eigenvalue weighted by Gasteiger charge is 2.18. The Hall–Kier alpha value is -0.580. The van der Waals surface area contributed by atoms with Crippen molar-refractivity contribution in [3.05, 3.63) is 28.2 Å². The van der Waals surface area contributed by atoms with Crippen molar-refractivity contribution in [3.8, 4) is 0 Å². The molecule has 0 radical (unpaired) electrons. The number of halogens is 1. The predicted octanol–water partition coefficient (Wildman–Crippen LogP) is 2.83. The minimum Gasteiger partial charge on any atom is -0.368 e. The Morgan fingerprint density at radius 1 is 1.15 bits per heavy atom. The van der Waals surface area contributed by atoms with Gasteiger partial charge in [-0.1, -0.05) is 6.07 Å². The topological polar surface area (TPSA) is 9.72 Å². The first-order valence-electron chi connectivity index (χ1n) is 7.44. The largest absolute Gasteiger partial charge is 0.368 e. The maximum atomic E-state index is 3.69. The van der Waals surface area contributed by atoms with E-state index < -0.39 is 0 Å². The molecule has 0 N–H and O–H groups in total. The number of rotatable bonds is 5. The number of hydrogen-bond acceptors (Lipinski definition) is 3. The molecule has 0 aromatic heterocycles. The quantitative estimate of drug-likeness (QED) is 0.816. The van der Waals surface area contributed by atoms with E-state index in [0.29, 0.717) is 0 Å². The van der Waals surface area contributed by atoms with Crippen LogP contribution in [0.4, 0.5) is 5.69 Å². The standard InChI is InChI=1S/C16H26BrN3/c1-14-5-6-16(15(17)13-14)20-11-9-19(10-12-20)8-4-7-18(2)3/h5-6,13H,4,7-12H2,1-3H3. The average molecular weight is 340 g/mol. The van der Waals surface area contributed by atoms with Gasteiger partial charge in [-0.3, -0.25) is 4.90 Å². The highest BCUT2D eigenvalue weighted by atomic mass is 79.9. The molecule has 2 rings (SSSR count). The molecule has 4 heteroatoms. The lowest BCUT2D eigenvalue weighted by Crippen LogP contribution is -2.47. The van der Waals surface area contributed by atoms with E-state index in [1.807, 2.05) is 0 Å². The van der Waals surface area contributed by atoms with E-state index in [0.717, 1.165) is 13.1 Å². The minimum absolute atomic E-state index is 1.13. The predicted molar refractivity (Wildman–Crippen MR) is 90.7 cm³/mol. The lowest BCUT2D eigenvalue weighted by atomic mass is 10.2. The van der Waals surface area contributed by atoms with Gasteiger partial charge in [0.25, 0.3) is 0 Å². The van der Waals surface area contributed by atoms with E-state index in [4.69, 9.17) is 0 Å². The first-order chi connectivity index (χ1) is 9.56. The zero-order chi connectivity index (χ0) is 14.5. The molecule has 0 unspecified atom stereocenters. The third-order valence-electron chi connectivity index (χ3n) is 3.90. The van der Waals surface area contributed by atoms with Crippen molar-refractivity contribution in [3.63, 3.8) is 0 Å². The summed E-state index contributed by atoms with van der Waals surface area (Å²) in [5, 5.41) is 0. The number of aryl methyl sites for hydroxylation is 1. The lowest BCUT2D eigenvalue weighted by Gasteiger charge is -2.36. The SMILES string of the molecule is Cc1ccc(N2CCN(CCCN(C)C)CC2)c(Br)c1. The number of piperazine rings is 1. The molecule has 112 valence electrons. The highest BCUT2D eigenvalue weighted by Crippen LogP contribution is 2.28. The van der Waals surface area contributed by atoms with Crippen LogP contribution in [0.5, 0.6) is 0 Å². The van der Waals surface area contributed by atoms with E-state index in [1.54, 1.807) is 0 Å². The van der Waals surface area contributed by atoms with Crippen LogP contribution in [-0.2, 0) is 0 Å². The summed E-state index contributed by atoms with van der Waals surface area (Å²) in [5.74, 6) is 0. The summed E-state index contributed by atoms with van der Waals surface area (Å²) in [6.45, 7) is 9.15. The van der Waals surface area contributed by atoms with Crippen molar-refractivity contribution in [1.29, 1.82) is 0 Å². The molecule has 1 heterocycles. The number of nitrogens with zero attached hydrogens (tertiary/aromatic N) is 3. The Balaban J connectivity index is 1.82. The molecule has 20 heavy (non-hydrogen) atoms. The summed E-state index contributed by atoms with van der Waals surface area (Å²) in [7, 11) is 4.29. The van der Waals surface area contributed by atoms with E-state index in [1.165, 1.54) is 48.3 Å². The summed E-state index contributed by atoms with van der Waals surface area (Å²) >= 11 is 3.69. The van der Waals surface area contributed by atoms with E-state index in [2.05, 4.69) is 69.8 Å². The average Bonchev–Trinajstić information content (AvgIpc) is 2.39. The molecule has 1 saturated heterocycles. The first-order valence-corrected chi connectivity index (χ1v) is 8.24. The zero-order valence-electron chi connectivity index (χ0n) is 12.9. The maximum absolute atomic E-state index is 3.69. The molecular weight excluding hydrogens is 314 g/mol. The third-order valence-corrected chi connectivity index (χ3v) is 4.53. The Morgan fingerprint density at radius 2 is 1.85 bits per heavy atom. The molecule has 0 aliphatic carbocycles. The molecule has 0 amide bonds. The van der Waals surface area contributed by atoms with Crippen LogP contribution in [0, 0.1) is 6.92 Å². The van der Waals surface area contributed by atoms with Crippen molar-refractivity contribution in [2.75, 3.05) is 58.3 Å². The van der Waals surface area contributed by atoms with Gasteiger partial charge in [0.2, 0.25) is 0 Å². The molecule has 0 bridgehead atoms. The Morgan fingerprint density at radius 3 is 2.45 bits per heavy atom. The van der Waals surface area contributed by atoms with Gasteiger partial charge in [0.15, 0.2) is 0 Å². The highest BCUT2D eigenvalue weighted by molar-refractivity contribution is 9.10. The van der Waals surface area contributed by atoms with Crippen LogP contribution >= 0.6 is 15.9 Å². The molecule has 1 fully saturated rings. The molecule has 3 nitrogen and oxygen atoms in total. The lowest BCUT2D eigenvalue weighted by molar-refractivity contribution is 0.242. The monoisotopic (exact) mass is 339 g/mol. The second-order valence-corrected chi connectivity index (χ2v) is 6.79. The van der Waals surface area contributed by atoms with E-state index in [9.17, 15) is 0 Å². The molecule has 1 aliphatic rings. The second-order valence-electron chi connectivity index (χ2n) is 5.94. The normalized spacial score (nSPS) is 16.9. The van der Waals surface area contributed by atoms with Gasteiger partial charge in [-0.2, -0.15) is 0 Å². The minimum atomic E-state index is 1.13. The van der Waals surface area contributed by atoms with Gasteiger partial charge in [-0.05, 0) is 74.2 Å². The van der Waals surface area contributed by atoms with Gasteiger partial charge < -0.3 is 9.80 Å². The Bertz CT molecular complexity index is 426. The molecule has 0 saturated carbocycles. The van der Waals surface area contributed by atoms with Crippen molar-refractivity contribution in [2.24, 2.45) is 0 Å². The molecule has 1 aromatic rings. The van der Waals surface area contributed by atoms with Crippen molar-refractivity contribution >= 4 is 21.6 Å². The Kier molecular flexibility index (Phi) is 5.87.